The number of nitrogens with zero attached hydrogens (tertiary/aromatic N) is 1. The van der Waals surface area contributed by atoms with Gasteiger partial charge in [0.05, 0.1) is 11.6 Å². The molecule has 0 aliphatic carbocycles. The highest BCUT2D eigenvalue weighted by Crippen LogP contribution is 2.43. The number of hydrogen-bond acceptors (Lipinski definition) is 3. The Bertz CT molecular complexity index is 1440. The molecule has 1 amide bonds. The molecular weight excluding hydrogens is 441 g/mol. The summed E-state index contributed by atoms with van der Waals surface area (Å²) in [5.41, 5.74) is 1.14. The van der Waals surface area contributed by atoms with E-state index in [-0.39, 0.29) is 17.0 Å². The minimum Gasteiger partial charge on any atom is -0.507 e. The standard InChI is InChI=1S/C27H17ClFNO3/c28-18-13-11-17(12-14-18)24-23(25(31)22-10-3-6-16-5-1-2-9-21(16)22)26(32)27(33)30(24)20-8-4-7-19(29)15-20/h1-15,24,31H/b25-23-. The van der Waals surface area contributed by atoms with Gasteiger partial charge in [0, 0.05) is 16.3 Å². The van der Waals surface area contributed by atoms with Crippen LogP contribution in [0.5, 0.6) is 0 Å². The number of aliphatic hydroxyl groups excluding tert-OH is 1. The minimum absolute atomic E-state index is 0.0667. The number of Topliss-reactive ketones (excluding diaryl/α,β-unsaturated/α-hetero) is 1. The maximum Gasteiger partial charge on any atom is 0.300 e. The van der Waals surface area contributed by atoms with Crippen LogP contribution in [-0.4, -0.2) is 16.8 Å². The van der Waals surface area contributed by atoms with Gasteiger partial charge in [-0.2, -0.15) is 0 Å². The summed E-state index contributed by atoms with van der Waals surface area (Å²) in [6.45, 7) is 0. The smallest absolute Gasteiger partial charge is 0.300 e. The number of benzene rings is 4. The third-order valence-corrected chi connectivity index (χ3v) is 6.01. The van der Waals surface area contributed by atoms with Gasteiger partial charge in [-0.05, 0) is 46.7 Å². The lowest BCUT2D eigenvalue weighted by Crippen LogP contribution is -2.29. The van der Waals surface area contributed by atoms with Crippen molar-refractivity contribution in [3.8, 4) is 0 Å². The van der Waals surface area contributed by atoms with Crippen LogP contribution in [0.3, 0.4) is 0 Å². The molecule has 6 heteroatoms. The van der Waals surface area contributed by atoms with Crippen molar-refractivity contribution in [2.75, 3.05) is 4.90 Å². The molecule has 0 saturated carbocycles. The van der Waals surface area contributed by atoms with E-state index in [0.29, 0.717) is 16.1 Å². The Morgan fingerprint density at radius 2 is 1.58 bits per heavy atom. The Morgan fingerprint density at radius 1 is 0.879 bits per heavy atom. The van der Waals surface area contributed by atoms with Gasteiger partial charge in [-0.25, -0.2) is 4.39 Å². The molecule has 1 aliphatic heterocycles. The molecule has 1 saturated heterocycles. The maximum atomic E-state index is 14.0. The van der Waals surface area contributed by atoms with E-state index in [0.717, 1.165) is 10.8 Å². The summed E-state index contributed by atoms with van der Waals surface area (Å²) in [5, 5.41) is 13.5. The summed E-state index contributed by atoms with van der Waals surface area (Å²) in [6, 6.07) is 24.0. The summed E-state index contributed by atoms with van der Waals surface area (Å²) in [4.78, 5) is 27.6. The largest absolute Gasteiger partial charge is 0.507 e. The number of fused-ring (bicyclic) bond motifs is 1. The number of carbonyl (C=O) groups excluding carboxylic acids is 2. The molecule has 1 unspecified atom stereocenters. The quantitative estimate of drug-likeness (QED) is 0.224. The van der Waals surface area contributed by atoms with Crippen LogP contribution in [0.1, 0.15) is 17.2 Å². The zero-order valence-corrected chi connectivity index (χ0v) is 18.0. The minimum atomic E-state index is -0.956. The van der Waals surface area contributed by atoms with Crippen LogP contribution in [0.25, 0.3) is 16.5 Å². The summed E-state index contributed by atoms with van der Waals surface area (Å²) >= 11 is 6.05. The van der Waals surface area contributed by atoms with E-state index >= 15 is 0 Å². The van der Waals surface area contributed by atoms with E-state index in [1.54, 1.807) is 42.5 Å². The molecule has 4 aromatic carbocycles. The molecular formula is C27H17ClFNO3. The van der Waals surface area contributed by atoms with Crippen LogP contribution in [0, 0.1) is 5.82 Å². The fourth-order valence-electron chi connectivity index (χ4n) is 4.26. The number of hydrogen-bond donors (Lipinski definition) is 1. The summed E-state index contributed by atoms with van der Waals surface area (Å²) in [7, 11) is 0. The summed E-state index contributed by atoms with van der Waals surface area (Å²) in [5.74, 6) is -2.52. The van der Waals surface area contributed by atoms with Crippen molar-refractivity contribution < 1.29 is 19.1 Å². The number of ketones is 1. The molecule has 0 radical (unpaired) electrons. The Balaban J connectivity index is 1.78. The van der Waals surface area contributed by atoms with Gasteiger partial charge in [-0.15, -0.1) is 0 Å². The molecule has 5 rings (SSSR count). The van der Waals surface area contributed by atoms with Crippen LogP contribution in [0.15, 0.2) is 96.6 Å². The van der Waals surface area contributed by atoms with Gasteiger partial charge < -0.3 is 5.11 Å². The molecule has 4 nitrogen and oxygen atoms in total. The third-order valence-electron chi connectivity index (χ3n) is 5.76. The predicted molar refractivity (Wildman–Crippen MR) is 127 cm³/mol. The lowest BCUT2D eigenvalue weighted by molar-refractivity contribution is -0.132. The van der Waals surface area contributed by atoms with Crippen molar-refractivity contribution in [2.24, 2.45) is 0 Å². The molecule has 0 bridgehead atoms. The second kappa shape index (κ2) is 8.19. The van der Waals surface area contributed by atoms with Crippen molar-refractivity contribution in [1.29, 1.82) is 0 Å². The van der Waals surface area contributed by atoms with Crippen LogP contribution < -0.4 is 4.90 Å². The van der Waals surface area contributed by atoms with E-state index in [1.165, 1.54) is 23.1 Å². The van der Waals surface area contributed by atoms with Crippen LogP contribution in [0.2, 0.25) is 5.02 Å². The molecule has 0 spiro atoms. The van der Waals surface area contributed by atoms with Crippen molar-refractivity contribution in [1.82, 2.24) is 0 Å². The van der Waals surface area contributed by atoms with E-state index in [1.807, 2.05) is 30.3 Å². The van der Waals surface area contributed by atoms with E-state index in [2.05, 4.69) is 0 Å². The zero-order valence-electron chi connectivity index (χ0n) is 17.2. The number of anilines is 1. The first kappa shape index (κ1) is 20.9. The molecule has 0 aromatic heterocycles. The fraction of sp³-hybridized carbons (Fsp3) is 0.0370. The van der Waals surface area contributed by atoms with Crippen molar-refractivity contribution in [3.05, 3.63) is 119 Å². The predicted octanol–water partition coefficient (Wildman–Crippen LogP) is 6.26. The highest BCUT2D eigenvalue weighted by atomic mass is 35.5. The lowest BCUT2D eigenvalue weighted by atomic mass is 9.93. The van der Waals surface area contributed by atoms with Gasteiger partial charge in [0.15, 0.2) is 0 Å². The van der Waals surface area contributed by atoms with Gasteiger partial charge in [0.1, 0.15) is 11.6 Å². The van der Waals surface area contributed by atoms with Gasteiger partial charge in [-0.3, -0.25) is 14.5 Å². The Kier molecular flexibility index (Phi) is 5.19. The molecule has 1 N–H and O–H groups in total. The first-order valence-electron chi connectivity index (χ1n) is 10.3. The highest BCUT2D eigenvalue weighted by Gasteiger charge is 2.47. The Labute approximate surface area is 194 Å². The second-order valence-electron chi connectivity index (χ2n) is 7.73. The number of amides is 1. The molecule has 1 atom stereocenters. The van der Waals surface area contributed by atoms with Gasteiger partial charge in [0.2, 0.25) is 0 Å². The molecule has 1 fully saturated rings. The van der Waals surface area contributed by atoms with Crippen molar-refractivity contribution in [3.63, 3.8) is 0 Å². The fourth-order valence-corrected chi connectivity index (χ4v) is 4.39. The molecule has 1 heterocycles. The Morgan fingerprint density at radius 3 is 2.33 bits per heavy atom. The molecule has 162 valence electrons. The number of carbonyl (C=O) groups is 2. The van der Waals surface area contributed by atoms with Gasteiger partial charge in [-0.1, -0.05) is 72.3 Å². The molecule has 4 aromatic rings. The summed E-state index contributed by atoms with van der Waals surface area (Å²) < 4.78 is 14.0. The van der Waals surface area contributed by atoms with Gasteiger partial charge >= 0.3 is 0 Å². The highest BCUT2D eigenvalue weighted by molar-refractivity contribution is 6.51. The third kappa shape index (κ3) is 3.56. The van der Waals surface area contributed by atoms with Crippen LogP contribution in [-0.2, 0) is 9.59 Å². The van der Waals surface area contributed by atoms with Crippen LogP contribution >= 0.6 is 11.6 Å². The SMILES string of the molecule is O=C1C(=O)N(c2cccc(F)c2)C(c2ccc(Cl)cc2)/C1=C(/O)c1cccc2ccccc12. The lowest BCUT2D eigenvalue weighted by Gasteiger charge is -2.25. The summed E-state index contributed by atoms with van der Waals surface area (Å²) in [6.07, 6.45) is 0. The first-order chi connectivity index (χ1) is 16.0. The van der Waals surface area contributed by atoms with Crippen molar-refractivity contribution in [2.45, 2.75) is 6.04 Å². The number of aliphatic hydroxyl groups is 1. The van der Waals surface area contributed by atoms with Crippen LogP contribution in [0.4, 0.5) is 10.1 Å². The number of rotatable bonds is 3. The Hall–Kier alpha value is -3.96. The van der Waals surface area contributed by atoms with E-state index < -0.39 is 23.5 Å². The van der Waals surface area contributed by atoms with E-state index in [9.17, 15) is 19.1 Å². The average molecular weight is 458 g/mol. The first-order valence-corrected chi connectivity index (χ1v) is 10.6. The number of halogens is 2. The van der Waals surface area contributed by atoms with Crippen molar-refractivity contribution >= 4 is 45.5 Å². The van der Waals surface area contributed by atoms with E-state index in [4.69, 9.17) is 11.6 Å². The topological polar surface area (TPSA) is 57.6 Å². The molecule has 1 aliphatic rings. The zero-order chi connectivity index (χ0) is 23.1. The molecule has 33 heavy (non-hydrogen) atoms. The normalized spacial score (nSPS) is 17.6. The van der Waals surface area contributed by atoms with Gasteiger partial charge in [0.25, 0.3) is 11.7 Å². The maximum absolute atomic E-state index is 14.0. The average Bonchev–Trinajstić information content (AvgIpc) is 3.09. The second-order valence-corrected chi connectivity index (χ2v) is 8.16. The monoisotopic (exact) mass is 457 g/mol.